The molecule has 26 heavy (non-hydrogen) atoms. The Hall–Kier alpha value is -2.12. The fraction of sp³-hybridized carbons (Fsp3) is 0.421. The first-order valence-corrected chi connectivity index (χ1v) is 10.4. The second-order valence-electron chi connectivity index (χ2n) is 7.24. The Balaban J connectivity index is 1.63. The first kappa shape index (κ1) is 17.3. The zero-order chi connectivity index (χ0) is 18.5. The molecule has 6 nitrogen and oxygen atoms in total. The number of carbonyl (C=O) groups is 1. The maximum Gasteiger partial charge on any atom is 0.265 e. The fourth-order valence-corrected chi connectivity index (χ4v) is 5.68. The number of piperidine rings is 1. The van der Waals surface area contributed by atoms with Crippen LogP contribution in [0.5, 0.6) is 0 Å². The highest BCUT2D eigenvalue weighted by Crippen LogP contribution is 2.41. The van der Waals surface area contributed by atoms with E-state index < -0.39 is 10.0 Å². The van der Waals surface area contributed by atoms with Gasteiger partial charge in [0.1, 0.15) is 6.54 Å². The molecule has 1 amide bonds. The molecule has 0 aromatic heterocycles. The van der Waals surface area contributed by atoms with E-state index >= 15 is 0 Å². The average Bonchev–Trinajstić information content (AvgIpc) is 2.85. The molecule has 0 radical (unpaired) electrons. The summed E-state index contributed by atoms with van der Waals surface area (Å²) < 4.78 is 27.2. The van der Waals surface area contributed by atoms with Crippen LogP contribution in [-0.2, 0) is 14.8 Å². The van der Waals surface area contributed by atoms with Crippen LogP contribution in [0.3, 0.4) is 0 Å². The van der Waals surface area contributed by atoms with Crippen molar-refractivity contribution >= 4 is 32.4 Å². The van der Waals surface area contributed by atoms with E-state index in [0.717, 1.165) is 18.2 Å². The number of anilines is 1. The van der Waals surface area contributed by atoms with E-state index in [1.165, 1.54) is 4.31 Å². The van der Waals surface area contributed by atoms with E-state index in [1.54, 1.807) is 23.1 Å². The van der Waals surface area contributed by atoms with Crippen molar-refractivity contribution < 1.29 is 13.2 Å². The van der Waals surface area contributed by atoms with Gasteiger partial charge >= 0.3 is 0 Å². The average molecular weight is 373 g/mol. The third-order valence-electron chi connectivity index (χ3n) is 5.51. The Morgan fingerprint density at radius 1 is 1.27 bits per heavy atom. The molecule has 1 fully saturated rings. The van der Waals surface area contributed by atoms with Gasteiger partial charge in [0.05, 0.1) is 10.6 Å². The molecule has 0 saturated carbocycles. The SMILES string of the molecule is CC(N)C1CCCN(C(=O)CN2c3cccc4cccc(c34)S2(=O)=O)C1. The Morgan fingerprint density at radius 3 is 2.73 bits per heavy atom. The van der Waals surface area contributed by atoms with E-state index in [9.17, 15) is 13.2 Å². The van der Waals surface area contributed by atoms with Crippen molar-refractivity contribution in [1.82, 2.24) is 4.90 Å². The molecule has 2 unspecified atom stereocenters. The van der Waals surface area contributed by atoms with Crippen LogP contribution >= 0.6 is 0 Å². The first-order chi connectivity index (χ1) is 12.4. The smallest absolute Gasteiger partial charge is 0.265 e. The summed E-state index contributed by atoms with van der Waals surface area (Å²) in [6.07, 6.45) is 1.91. The van der Waals surface area contributed by atoms with E-state index in [0.29, 0.717) is 24.2 Å². The van der Waals surface area contributed by atoms with Gasteiger partial charge in [-0.2, -0.15) is 0 Å². The second-order valence-corrected chi connectivity index (χ2v) is 9.07. The van der Waals surface area contributed by atoms with Crippen molar-refractivity contribution in [3.8, 4) is 0 Å². The van der Waals surface area contributed by atoms with Crippen LogP contribution in [-0.4, -0.2) is 44.9 Å². The normalized spacial score (nSPS) is 22.6. The van der Waals surface area contributed by atoms with E-state index in [4.69, 9.17) is 5.73 Å². The maximum atomic E-state index is 13.0. The summed E-state index contributed by atoms with van der Waals surface area (Å²) >= 11 is 0. The van der Waals surface area contributed by atoms with Gasteiger partial charge < -0.3 is 10.6 Å². The molecular weight excluding hydrogens is 350 g/mol. The highest BCUT2D eigenvalue weighted by Gasteiger charge is 2.38. The predicted molar refractivity (Wildman–Crippen MR) is 101 cm³/mol. The molecule has 1 saturated heterocycles. The van der Waals surface area contributed by atoms with Gasteiger partial charge in [0.2, 0.25) is 5.91 Å². The molecule has 0 aliphatic carbocycles. The number of amides is 1. The molecule has 4 rings (SSSR count). The largest absolute Gasteiger partial charge is 0.341 e. The van der Waals surface area contributed by atoms with Crippen LogP contribution in [0.25, 0.3) is 10.8 Å². The summed E-state index contributed by atoms with van der Waals surface area (Å²) in [6.45, 7) is 3.05. The van der Waals surface area contributed by atoms with Crippen molar-refractivity contribution in [1.29, 1.82) is 0 Å². The lowest BCUT2D eigenvalue weighted by Gasteiger charge is -2.35. The molecule has 138 valence electrons. The van der Waals surface area contributed by atoms with E-state index in [-0.39, 0.29) is 29.3 Å². The molecule has 2 aromatic rings. The number of hydrogen-bond acceptors (Lipinski definition) is 4. The van der Waals surface area contributed by atoms with Gasteiger partial charge in [-0.3, -0.25) is 9.10 Å². The summed E-state index contributed by atoms with van der Waals surface area (Å²) in [5.74, 6) is 0.104. The summed E-state index contributed by atoms with van der Waals surface area (Å²) in [7, 11) is -3.70. The highest BCUT2D eigenvalue weighted by atomic mass is 32.2. The van der Waals surface area contributed by atoms with Crippen molar-refractivity contribution in [3.63, 3.8) is 0 Å². The minimum absolute atomic E-state index is 0.0270. The topological polar surface area (TPSA) is 83.7 Å². The molecule has 2 aliphatic rings. The number of carbonyl (C=O) groups excluding carboxylic acids is 1. The number of benzene rings is 2. The van der Waals surface area contributed by atoms with Crippen LogP contribution in [0.1, 0.15) is 19.8 Å². The molecule has 2 N–H and O–H groups in total. The number of nitrogens with zero attached hydrogens (tertiary/aromatic N) is 2. The summed E-state index contributed by atoms with van der Waals surface area (Å²) in [5.41, 5.74) is 6.59. The zero-order valence-corrected chi connectivity index (χ0v) is 15.6. The zero-order valence-electron chi connectivity index (χ0n) is 14.8. The van der Waals surface area contributed by atoms with Gasteiger partial charge in [-0.05, 0) is 43.2 Å². The first-order valence-electron chi connectivity index (χ1n) is 8.97. The maximum absolute atomic E-state index is 13.0. The number of nitrogens with two attached hydrogens (primary N) is 1. The molecule has 0 bridgehead atoms. The minimum atomic E-state index is -3.70. The number of rotatable bonds is 3. The second kappa shape index (κ2) is 6.25. The molecule has 2 aromatic carbocycles. The van der Waals surface area contributed by atoms with Crippen LogP contribution in [0, 0.1) is 5.92 Å². The lowest BCUT2D eigenvalue weighted by molar-refractivity contribution is -0.131. The summed E-state index contributed by atoms with van der Waals surface area (Å²) in [5, 5.41) is 1.57. The van der Waals surface area contributed by atoms with Crippen molar-refractivity contribution in [2.75, 3.05) is 23.9 Å². The molecule has 7 heteroatoms. The van der Waals surface area contributed by atoms with Gasteiger partial charge in [0.15, 0.2) is 0 Å². The highest BCUT2D eigenvalue weighted by molar-refractivity contribution is 7.93. The van der Waals surface area contributed by atoms with Crippen LogP contribution in [0.2, 0.25) is 0 Å². The van der Waals surface area contributed by atoms with Gasteiger partial charge in [-0.1, -0.05) is 24.3 Å². The van der Waals surface area contributed by atoms with E-state index in [1.807, 2.05) is 25.1 Å². The number of hydrogen-bond donors (Lipinski definition) is 1. The molecule has 2 aliphatic heterocycles. The summed E-state index contributed by atoms with van der Waals surface area (Å²) in [6, 6.07) is 10.7. The Bertz CT molecular complexity index is 966. The third-order valence-corrected chi connectivity index (χ3v) is 7.32. The lowest BCUT2D eigenvalue weighted by Crippen LogP contribution is -2.48. The standard InChI is InChI=1S/C19H23N3O3S/c1-13(20)15-7-4-10-21(11-15)18(23)12-22-16-8-2-5-14-6-3-9-17(19(14)16)26(22,24)25/h2-3,5-6,8-9,13,15H,4,7,10-12,20H2,1H3. The van der Waals surface area contributed by atoms with Crippen molar-refractivity contribution in [2.45, 2.75) is 30.7 Å². The van der Waals surface area contributed by atoms with Gasteiger partial charge in [-0.25, -0.2) is 8.42 Å². The Morgan fingerprint density at radius 2 is 2.00 bits per heavy atom. The van der Waals surface area contributed by atoms with Crippen LogP contribution < -0.4 is 10.0 Å². The number of likely N-dealkylation sites (tertiary alicyclic amines) is 1. The van der Waals surface area contributed by atoms with Gasteiger partial charge in [0.25, 0.3) is 10.0 Å². The Kier molecular flexibility index (Phi) is 4.16. The molecular formula is C19H23N3O3S. The van der Waals surface area contributed by atoms with Crippen molar-refractivity contribution in [3.05, 3.63) is 36.4 Å². The quantitative estimate of drug-likeness (QED) is 0.891. The minimum Gasteiger partial charge on any atom is -0.341 e. The monoisotopic (exact) mass is 373 g/mol. The van der Waals surface area contributed by atoms with Gasteiger partial charge in [-0.15, -0.1) is 0 Å². The lowest BCUT2D eigenvalue weighted by atomic mass is 9.92. The van der Waals surface area contributed by atoms with Crippen LogP contribution in [0.4, 0.5) is 5.69 Å². The fourth-order valence-electron chi connectivity index (χ4n) is 4.02. The third kappa shape index (κ3) is 2.66. The van der Waals surface area contributed by atoms with Crippen LogP contribution in [0.15, 0.2) is 41.3 Å². The molecule has 0 spiro atoms. The van der Waals surface area contributed by atoms with Crippen molar-refractivity contribution in [2.24, 2.45) is 11.7 Å². The summed E-state index contributed by atoms with van der Waals surface area (Å²) in [4.78, 5) is 14.9. The molecule has 2 heterocycles. The van der Waals surface area contributed by atoms with Gasteiger partial charge in [0, 0.05) is 24.5 Å². The molecule has 2 atom stereocenters. The van der Waals surface area contributed by atoms with E-state index in [2.05, 4.69) is 0 Å². The predicted octanol–water partition coefficient (Wildman–Crippen LogP) is 1.93. The number of sulfonamides is 1. The Labute approximate surface area is 153 Å².